The summed E-state index contributed by atoms with van der Waals surface area (Å²) in [5, 5.41) is 3.35. The van der Waals surface area contributed by atoms with Crippen molar-refractivity contribution in [2.45, 2.75) is 33.1 Å². The van der Waals surface area contributed by atoms with Gasteiger partial charge in [0.25, 0.3) is 0 Å². The van der Waals surface area contributed by atoms with E-state index in [-0.39, 0.29) is 35.9 Å². The topological polar surface area (TPSA) is 63.2 Å². The number of ether oxygens (including phenoxy) is 2. The first-order valence-corrected chi connectivity index (χ1v) is 9.50. The Morgan fingerprint density at radius 3 is 2.67 bits per heavy atom. The Hall–Kier alpha value is -1.51. The maximum absolute atomic E-state index is 12.1. The molecular weight excluding hydrogens is 457 g/mol. The number of guanidine groups is 1. The molecule has 152 valence electrons. The third kappa shape index (κ3) is 7.56. The molecule has 1 heterocycles. The summed E-state index contributed by atoms with van der Waals surface area (Å²) in [7, 11) is 1.67. The van der Waals surface area contributed by atoms with Crippen molar-refractivity contribution in [1.29, 1.82) is 0 Å². The summed E-state index contributed by atoms with van der Waals surface area (Å²) < 4.78 is 10.4. The quantitative estimate of drug-likeness (QED) is 0.276. The first kappa shape index (κ1) is 23.5. The summed E-state index contributed by atoms with van der Waals surface area (Å²) >= 11 is 0. The average Bonchev–Trinajstić information content (AvgIpc) is 2.68. The van der Waals surface area contributed by atoms with E-state index < -0.39 is 0 Å². The predicted octanol–water partition coefficient (Wildman–Crippen LogP) is 3.10. The summed E-state index contributed by atoms with van der Waals surface area (Å²) in [4.78, 5) is 19.0. The van der Waals surface area contributed by atoms with Gasteiger partial charge in [0.15, 0.2) is 5.96 Å². The second-order valence-corrected chi connectivity index (χ2v) is 6.37. The highest BCUT2D eigenvalue weighted by atomic mass is 127. The summed E-state index contributed by atoms with van der Waals surface area (Å²) in [6.07, 6.45) is 2.74. The zero-order valence-corrected chi connectivity index (χ0v) is 18.9. The van der Waals surface area contributed by atoms with Crippen LogP contribution in [0.1, 0.15) is 32.3 Å². The fourth-order valence-corrected chi connectivity index (χ4v) is 3.13. The molecule has 0 aromatic heterocycles. The summed E-state index contributed by atoms with van der Waals surface area (Å²) in [5.74, 6) is 1.60. The summed E-state index contributed by atoms with van der Waals surface area (Å²) in [6, 6.07) is 8.08. The zero-order valence-electron chi connectivity index (χ0n) is 16.6. The molecule has 0 radical (unpaired) electrons. The molecule has 0 saturated carbocycles. The van der Waals surface area contributed by atoms with Crippen LogP contribution < -0.4 is 10.1 Å². The minimum absolute atomic E-state index is 0. The number of piperidine rings is 1. The molecule has 0 amide bonds. The second kappa shape index (κ2) is 12.8. The third-order valence-corrected chi connectivity index (χ3v) is 4.50. The van der Waals surface area contributed by atoms with Crippen LogP contribution in [0.15, 0.2) is 29.3 Å². The van der Waals surface area contributed by atoms with Gasteiger partial charge in [0.1, 0.15) is 5.75 Å². The fraction of sp³-hybridized carbons (Fsp3) is 0.600. The van der Waals surface area contributed by atoms with Crippen molar-refractivity contribution in [2.24, 2.45) is 10.9 Å². The molecule has 6 nitrogen and oxygen atoms in total. The molecule has 0 spiro atoms. The van der Waals surface area contributed by atoms with Crippen LogP contribution in [0.3, 0.4) is 0 Å². The average molecular weight is 489 g/mol. The number of carbonyl (C=O) groups excluding carboxylic acids is 1. The third-order valence-electron chi connectivity index (χ3n) is 4.50. The van der Waals surface area contributed by atoms with E-state index in [1.165, 1.54) is 5.56 Å². The smallest absolute Gasteiger partial charge is 0.310 e. The van der Waals surface area contributed by atoms with Crippen molar-refractivity contribution in [2.75, 3.05) is 39.9 Å². The van der Waals surface area contributed by atoms with Crippen molar-refractivity contribution in [1.82, 2.24) is 10.2 Å². The maximum atomic E-state index is 12.1. The Bertz CT molecular complexity index is 593. The molecule has 1 N–H and O–H groups in total. The Balaban J connectivity index is 0.00000364. The van der Waals surface area contributed by atoms with Crippen LogP contribution in [0.4, 0.5) is 0 Å². The lowest BCUT2D eigenvalue weighted by Crippen LogP contribution is -2.48. The van der Waals surface area contributed by atoms with E-state index in [1.54, 1.807) is 7.11 Å². The molecule has 0 bridgehead atoms. The molecule has 2 rings (SSSR count). The van der Waals surface area contributed by atoms with E-state index in [2.05, 4.69) is 29.3 Å². The number of hydrogen-bond donors (Lipinski definition) is 1. The van der Waals surface area contributed by atoms with Crippen LogP contribution >= 0.6 is 24.0 Å². The van der Waals surface area contributed by atoms with Crippen molar-refractivity contribution >= 4 is 35.9 Å². The number of likely N-dealkylation sites (tertiary alicyclic amines) is 1. The maximum Gasteiger partial charge on any atom is 0.310 e. The molecule has 1 fully saturated rings. The van der Waals surface area contributed by atoms with Crippen LogP contribution in [-0.4, -0.2) is 56.7 Å². The lowest BCUT2D eigenvalue weighted by Gasteiger charge is -2.34. The Morgan fingerprint density at radius 2 is 2.04 bits per heavy atom. The number of nitrogens with zero attached hydrogens (tertiary/aromatic N) is 2. The van der Waals surface area contributed by atoms with Gasteiger partial charge in [-0.25, -0.2) is 0 Å². The van der Waals surface area contributed by atoms with Crippen molar-refractivity contribution in [3.05, 3.63) is 29.8 Å². The van der Waals surface area contributed by atoms with Crippen molar-refractivity contribution in [3.63, 3.8) is 0 Å². The van der Waals surface area contributed by atoms with Crippen molar-refractivity contribution < 1.29 is 14.3 Å². The van der Waals surface area contributed by atoms with E-state index in [0.29, 0.717) is 19.7 Å². The normalized spacial score (nSPS) is 17.1. The Labute approximate surface area is 179 Å². The van der Waals surface area contributed by atoms with Gasteiger partial charge >= 0.3 is 5.97 Å². The van der Waals surface area contributed by atoms with Gasteiger partial charge in [-0.2, -0.15) is 0 Å². The number of benzene rings is 1. The number of rotatable bonds is 7. The number of nitrogens with one attached hydrogen (secondary N) is 1. The van der Waals surface area contributed by atoms with Gasteiger partial charge in [0.2, 0.25) is 0 Å². The van der Waals surface area contributed by atoms with Gasteiger partial charge in [-0.3, -0.25) is 9.79 Å². The molecule has 27 heavy (non-hydrogen) atoms. The van der Waals surface area contributed by atoms with Gasteiger partial charge in [-0.05, 0) is 50.8 Å². The molecule has 1 aromatic rings. The minimum atomic E-state index is -0.0914. The largest absolute Gasteiger partial charge is 0.497 e. The molecule has 1 aliphatic heterocycles. The molecule has 1 saturated heterocycles. The van der Waals surface area contributed by atoms with Gasteiger partial charge in [0, 0.05) is 26.2 Å². The highest BCUT2D eigenvalue weighted by Gasteiger charge is 2.28. The van der Waals surface area contributed by atoms with E-state index in [0.717, 1.165) is 44.1 Å². The van der Waals surface area contributed by atoms with Crippen molar-refractivity contribution in [3.8, 4) is 5.75 Å². The minimum Gasteiger partial charge on any atom is -0.497 e. The molecular formula is C20H32IN3O3. The standard InChI is InChI=1S/C20H31N3O3.HI/c1-4-21-20(22-13-12-16-8-10-18(25-3)11-9-16)23-14-6-7-17(15-23)19(24)26-5-2;/h8-11,17H,4-7,12-15H2,1-3H3,(H,21,22);1H. The summed E-state index contributed by atoms with van der Waals surface area (Å²) in [6.45, 7) is 7.45. The van der Waals surface area contributed by atoms with Crippen LogP contribution in [-0.2, 0) is 16.0 Å². The number of carbonyl (C=O) groups is 1. The predicted molar refractivity (Wildman–Crippen MR) is 119 cm³/mol. The van der Waals surface area contributed by atoms with Crippen LogP contribution in [0.5, 0.6) is 5.75 Å². The highest BCUT2D eigenvalue weighted by molar-refractivity contribution is 14.0. The molecule has 1 atom stereocenters. The Kier molecular flexibility index (Phi) is 11.2. The first-order chi connectivity index (χ1) is 12.7. The number of aliphatic imine (C=N–C) groups is 1. The van der Waals surface area contributed by atoms with E-state index in [1.807, 2.05) is 19.1 Å². The van der Waals surface area contributed by atoms with Gasteiger partial charge in [-0.1, -0.05) is 12.1 Å². The number of esters is 1. The number of hydrogen-bond acceptors (Lipinski definition) is 4. The van der Waals surface area contributed by atoms with Gasteiger partial charge in [-0.15, -0.1) is 24.0 Å². The van der Waals surface area contributed by atoms with E-state index in [9.17, 15) is 4.79 Å². The first-order valence-electron chi connectivity index (χ1n) is 9.50. The van der Waals surface area contributed by atoms with Gasteiger partial charge < -0.3 is 19.7 Å². The van der Waals surface area contributed by atoms with Crippen LogP contribution in [0.2, 0.25) is 0 Å². The van der Waals surface area contributed by atoms with E-state index >= 15 is 0 Å². The van der Waals surface area contributed by atoms with Crippen LogP contribution in [0, 0.1) is 5.92 Å². The molecule has 1 aliphatic rings. The SMILES string of the molecule is CCNC(=NCCc1ccc(OC)cc1)N1CCCC(C(=O)OCC)C1.I. The number of methoxy groups -OCH3 is 1. The summed E-state index contributed by atoms with van der Waals surface area (Å²) in [5.41, 5.74) is 1.23. The molecule has 1 aromatic carbocycles. The van der Waals surface area contributed by atoms with Crippen LogP contribution in [0.25, 0.3) is 0 Å². The number of halogens is 1. The highest BCUT2D eigenvalue weighted by Crippen LogP contribution is 2.18. The fourth-order valence-electron chi connectivity index (χ4n) is 3.13. The zero-order chi connectivity index (χ0) is 18.8. The molecule has 0 aliphatic carbocycles. The lowest BCUT2D eigenvalue weighted by atomic mass is 9.98. The Morgan fingerprint density at radius 1 is 1.30 bits per heavy atom. The molecule has 1 unspecified atom stereocenters. The lowest BCUT2D eigenvalue weighted by molar-refractivity contribution is -0.149. The monoisotopic (exact) mass is 489 g/mol. The van der Waals surface area contributed by atoms with Gasteiger partial charge in [0.05, 0.1) is 19.6 Å². The second-order valence-electron chi connectivity index (χ2n) is 6.37. The van der Waals surface area contributed by atoms with E-state index in [4.69, 9.17) is 14.5 Å². The molecule has 7 heteroatoms.